The molecule has 7 heteroatoms. The van der Waals surface area contributed by atoms with Gasteiger partial charge in [-0.15, -0.1) is 0 Å². The Bertz CT molecular complexity index is 1220. The van der Waals surface area contributed by atoms with Crippen LogP contribution in [0.3, 0.4) is 0 Å². The van der Waals surface area contributed by atoms with Gasteiger partial charge < -0.3 is 9.42 Å². The van der Waals surface area contributed by atoms with Crippen molar-refractivity contribution in [1.82, 2.24) is 0 Å². The number of benzene rings is 3. The van der Waals surface area contributed by atoms with Crippen LogP contribution >= 0.6 is 7.37 Å². The molecule has 0 aliphatic carbocycles. The topological polar surface area (TPSA) is 72.7 Å². The molecule has 1 aliphatic heterocycles. The minimum Gasteiger partial charge on any atom is -0.430 e. The summed E-state index contributed by atoms with van der Waals surface area (Å²) in [7, 11) is -1.73. The number of nitrogens with zero attached hydrogens (tertiary/aromatic N) is 2. The molecule has 1 heterocycles. The van der Waals surface area contributed by atoms with E-state index in [-0.39, 0.29) is 11.4 Å². The summed E-state index contributed by atoms with van der Waals surface area (Å²) in [5.74, 6) is 1.63. The summed E-state index contributed by atoms with van der Waals surface area (Å²) < 4.78 is 20.3. The van der Waals surface area contributed by atoms with Gasteiger partial charge in [0.2, 0.25) is 5.75 Å². The molecule has 6 nitrogen and oxygen atoms in total. The molecule has 1 unspecified atom stereocenters. The summed E-state index contributed by atoms with van der Waals surface area (Å²) >= 11 is 0. The van der Waals surface area contributed by atoms with Crippen LogP contribution in [0.25, 0.3) is 0 Å². The lowest BCUT2D eigenvalue weighted by atomic mass is 9.84. The molecular weight excluding hydrogens is 411 g/mol. The third kappa shape index (κ3) is 3.64. The maximum absolute atomic E-state index is 14.4. The Hall–Kier alpha value is -3.37. The highest BCUT2D eigenvalue weighted by atomic mass is 31.2. The number of nitro benzene ring substituents is 1. The van der Waals surface area contributed by atoms with Crippen molar-refractivity contribution in [1.29, 1.82) is 0 Å². The molecule has 1 atom stereocenters. The molecule has 0 bridgehead atoms. The molecule has 158 valence electrons. The highest BCUT2D eigenvalue weighted by Crippen LogP contribution is 2.55. The van der Waals surface area contributed by atoms with Gasteiger partial charge in [-0.25, -0.2) is 0 Å². The number of likely N-dealkylation sites (N-methyl/N-ethyl adjacent to an activating group) is 1. The molecule has 31 heavy (non-hydrogen) atoms. The molecular formula is C24H23N2O4P. The zero-order chi connectivity index (χ0) is 22.2. The Kier molecular flexibility index (Phi) is 5.19. The summed E-state index contributed by atoms with van der Waals surface area (Å²) in [6.45, 7) is 4.14. The maximum Gasteiger partial charge on any atom is 0.311 e. The Morgan fingerprint density at radius 3 is 2.26 bits per heavy atom. The van der Waals surface area contributed by atoms with Crippen LogP contribution in [-0.2, 0) is 9.98 Å². The van der Waals surface area contributed by atoms with Crippen LogP contribution in [0, 0.1) is 10.1 Å². The quantitative estimate of drug-likeness (QED) is 0.286. The summed E-state index contributed by atoms with van der Waals surface area (Å²) in [6, 6.07) is 22.9. The lowest BCUT2D eigenvalue weighted by molar-refractivity contribution is -0.385. The number of fused-ring (bicyclic) bond motifs is 1. The number of hydrogen-bond donors (Lipinski definition) is 0. The molecule has 0 amide bonds. The van der Waals surface area contributed by atoms with E-state index in [1.165, 1.54) is 12.1 Å². The van der Waals surface area contributed by atoms with E-state index in [0.717, 1.165) is 16.9 Å². The van der Waals surface area contributed by atoms with Crippen LogP contribution < -0.4 is 14.7 Å². The van der Waals surface area contributed by atoms with Gasteiger partial charge in [0.15, 0.2) is 0 Å². The number of hydrogen-bond acceptors (Lipinski definition) is 5. The molecule has 0 saturated carbocycles. The summed E-state index contributed by atoms with van der Waals surface area (Å²) in [5, 5.41) is 12.0. The molecule has 3 aromatic carbocycles. The van der Waals surface area contributed by atoms with Crippen molar-refractivity contribution in [3.8, 4) is 5.75 Å². The van der Waals surface area contributed by atoms with E-state index < -0.39 is 17.7 Å². The smallest absolute Gasteiger partial charge is 0.311 e. The normalized spacial score (nSPS) is 17.8. The van der Waals surface area contributed by atoms with Crippen LogP contribution in [-0.4, -0.2) is 12.0 Å². The fourth-order valence-electron chi connectivity index (χ4n) is 4.01. The number of para-hydroxylation sites is 3. The first-order chi connectivity index (χ1) is 14.7. The molecule has 0 saturated heterocycles. The van der Waals surface area contributed by atoms with Crippen LogP contribution in [0.4, 0.5) is 11.4 Å². The predicted octanol–water partition coefficient (Wildman–Crippen LogP) is 5.85. The predicted molar refractivity (Wildman–Crippen MR) is 123 cm³/mol. The Morgan fingerprint density at radius 1 is 0.968 bits per heavy atom. The van der Waals surface area contributed by atoms with Crippen molar-refractivity contribution in [2.45, 2.75) is 19.3 Å². The average molecular weight is 434 g/mol. The summed E-state index contributed by atoms with van der Waals surface area (Å²) in [6.07, 6.45) is 0. The highest BCUT2D eigenvalue weighted by Gasteiger charge is 2.41. The Morgan fingerprint density at radius 2 is 1.58 bits per heavy atom. The summed E-state index contributed by atoms with van der Waals surface area (Å²) in [4.78, 5) is 13.0. The molecule has 0 aromatic heterocycles. The standard InChI is InChI=1S/C24H23N2O4P/c1-24(2)19-13-7-8-14-20(19)25(3)23(24)17-31(29,18-11-5-4-6-12-18)30-22-16-10-9-15-21(22)26(27)28/h4-17H,1-3H3/b23-17+. The molecule has 1 aliphatic rings. The van der Waals surface area contributed by atoms with Gasteiger partial charge in [0.1, 0.15) is 0 Å². The van der Waals surface area contributed by atoms with E-state index in [4.69, 9.17) is 4.52 Å². The van der Waals surface area contributed by atoms with Gasteiger partial charge in [-0.1, -0.05) is 62.4 Å². The fourth-order valence-corrected chi connectivity index (χ4v) is 6.17. The van der Waals surface area contributed by atoms with E-state index in [1.54, 1.807) is 42.2 Å². The van der Waals surface area contributed by atoms with Gasteiger partial charge in [0, 0.05) is 35.7 Å². The molecule has 4 rings (SSSR count). The van der Waals surface area contributed by atoms with Gasteiger partial charge >= 0.3 is 13.1 Å². The van der Waals surface area contributed by atoms with Gasteiger partial charge in [0.25, 0.3) is 0 Å². The molecule has 0 spiro atoms. The largest absolute Gasteiger partial charge is 0.430 e. The van der Waals surface area contributed by atoms with Gasteiger partial charge in [-0.2, -0.15) is 0 Å². The van der Waals surface area contributed by atoms with E-state index in [9.17, 15) is 14.7 Å². The SMILES string of the molecule is CN1/C(=C/P(=O)(Oc2ccccc2[N+](=O)[O-])c2ccccc2)C(C)(C)c2ccccc21. The minimum atomic E-state index is -3.66. The van der Waals surface area contributed by atoms with Gasteiger partial charge in [-0.05, 0) is 29.8 Å². The lowest BCUT2D eigenvalue weighted by Gasteiger charge is -2.26. The molecule has 0 N–H and O–H groups in total. The Balaban J connectivity index is 1.88. The third-order valence-electron chi connectivity index (χ3n) is 5.64. The van der Waals surface area contributed by atoms with Gasteiger partial charge in [-0.3, -0.25) is 14.7 Å². The van der Waals surface area contributed by atoms with Crippen molar-refractivity contribution in [2.75, 3.05) is 11.9 Å². The van der Waals surface area contributed by atoms with Crippen molar-refractivity contribution >= 4 is 24.0 Å². The zero-order valence-corrected chi connectivity index (χ0v) is 18.5. The second-order valence-corrected chi connectivity index (χ2v) is 10.1. The molecule has 0 radical (unpaired) electrons. The molecule has 0 fully saturated rings. The van der Waals surface area contributed by atoms with E-state index >= 15 is 0 Å². The monoisotopic (exact) mass is 434 g/mol. The lowest BCUT2D eigenvalue weighted by Crippen LogP contribution is -2.24. The first kappa shape index (κ1) is 20.9. The molecule has 3 aromatic rings. The van der Waals surface area contributed by atoms with Crippen LogP contribution in [0.2, 0.25) is 0 Å². The van der Waals surface area contributed by atoms with Crippen LogP contribution in [0.1, 0.15) is 19.4 Å². The van der Waals surface area contributed by atoms with E-state index in [0.29, 0.717) is 5.30 Å². The first-order valence-electron chi connectivity index (χ1n) is 9.89. The maximum atomic E-state index is 14.4. The number of rotatable bonds is 5. The number of allylic oxidation sites excluding steroid dienone is 1. The van der Waals surface area contributed by atoms with E-state index in [2.05, 4.69) is 19.9 Å². The van der Waals surface area contributed by atoms with Crippen molar-refractivity contribution in [3.05, 3.63) is 106 Å². The third-order valence-corrected chi connectivity index (χ3v) is 7.72. The van der Waals surface area contributed by atoms with E-state index in [1.807, 2.05) is 36.2 Å². The highest BCUT2D eigenvalue weighted by molar-refractivity contribution is 7.70. The van der Waals surface area contributed by atoms with Crippen LogP contribution in [0.5, 0.6) is 5.75 Å². The minimum absolute atomic E-state index is 0.0208. The summed E-state index contributed by atoms with van der Waals surface area (Å²) in [5.41, 5.74) is 2.33. The number of anilines is 1. The fraction of sp³-hybridized carbons (Fsp3) is 0.167. The van der Waals surface area contributed by atoms with Crippen molar-refractivity contribution in [2.24, 2.45) is 0 Å². The van der Waals surface area contributed by atoms with Gasteiger partial charge in [0.05, 0.1) is 10.2 Å². The van der Waals surface area contributed by atoms with Crippen molar-refractivity contribution < 1.29 is 14.0 Å². The average Bonchev–Trinajstić information content (AvgIpc) is 2.95. The number of nitro groups is 1. The first-order valence-corrected chi connectivity index (χ1v) is 11.6. The van der Waals surface area contributed by atoms with Crippen LogP contribution in [0.15, 0.2) is 90.4 Å². The zero-order valence-electron chi connectivity index (χ0n) is 17.6. The second-order valence-electron chi connectivity index (χ2n) is 7.96. The second kappa shape index (κ2) is 7.71. The Labute approximate surface area is 181 Å². The van der Waals surface area contributed by atoms with Crippen molar-refractivity contribution in [3.63, 3.8) is 0 Å².